The van der Waals surface area contributed by atoms with Crippen molar-refractivity contribution >= 4 is 11.3 Å². The highest BCUT2D eigenvalue weighted by Gasteiger charge is 2.16. The number of rotatable bonds is 4. The zero-order chi connectivity index (χ0) is 16.9. The molecule has 5 nitrogen and oxygen atoms in total. The predicted molar refractivity (Wildman–Crippen MR) is 94.2 cm³/mol. The molecule has 1 aromatic heterocycles. The average Bonchev–Trinajstić information content (AvgIpc) is 3.10. The molecule has 2 aromatic carbocycles. The van der Waals surface area contributed by atoms with Crippen LogP contribution in [0.25, 0.3) is 22.7 Å². The summed E-state index contributed by atoms with van der Waals surface area (Å²) in [4.78, 5) is 4.50. The van der Waals surface area contributed by atoms with E-state index >= 15 is 0 Å². The average molecular weight is 318 g/mol. The van der Waals surface area contributed by atoms with Gasteiger partial charge in [-0.2, -0.15) is 15.2 Å². The largest absolute Gasteiger partial charge is 0.332 e. The number of nitrogens with zero attached hydrogens (tertiary/aromatic N) is 4. The van der Waals surface area contributed by atoms with Crippen molar-refractivity contribution < 1.29 is 4.52 Å². The molecule has 0 saturated heterocycles. The maximum absolute atomic E-state index is 5.44. The van der Waals surface area contributed by atoms with Crippen LogP contribution in [0, 0.1) is 6.92 Å². The van der Waals surface area contributed by atoms with Crippen LogP contribution in [0.4, 0.5) is 0 Å². The van der Waals surface area contributed by atoms with Crippen molar-refractivity contribution in [3.63, 3.8) is 0 Å². The number of benzene rings is 2. The molecule has 3 rings (SSSR count). The molecular weight excluding hydrogens is 300 g/mol. The van der Waals surface area contributed by atoms with E-state index in [0.29, 0.717) is 17.4 Å². The first-order valence-electron chi connectivity index (χ1n) is 7.66. The lowest BCUT2D eigenvalue weighted by Crippen LogP contribution is -1.88. The van der Waals surface area contributed by atoms with Gasteiger partial charge in [0.15, 0.2) is 5.70 Å². The molecule has 5 heteroatoms. The SMILES string of the molecule is CN=N/C(=C(\C)c1ccccc1)c1nc(-c2cccc(C)c2)no1. The van der Waals surface area contributed by atoms with Gasteiger partial charge >= 0.3 is 0 Å². The van der Waals surface area contributed by atoms with Gasteiger partial charge in [-0.3, -0.25) is 0 Å². The van der Waals surface area contributed by atoms with Crippen LogP contribution in [0.15, 0.2) is 69.3 Å². The summed E-state index contributed by atoms with van der Waals surface area (Å²) in [6.07, 6.45) is 0. The maximum atomic E-state index is 5.44. The van der Waals surface area contributed by atoms with E-state index in [1.165, 1.54) is 0 Å². The Morgan fingerprint density at radius 1 is 1.04 bits per heavy atom. The third-order valence-corrected chi connectivity index (χ3v) is 3.67. The Balaban J connectivity index is 2.05. The van der Waals surface area contributed by atoms with Crippen LogP contribution in [-0.2, 0) is 0 Å². The van der Waals surface area contributed by atoms with E-state index in [4.69, 9.17) is 4.52 Å². The summed E-state index contributed by atoms with van der Waals surface area (Å²) in [7, 11) is 1.62. The number of allylic oxidation sites excluding steroid dienone is 1. The molecule has 0 fully saturated rings. The first kappa shape index (κ1) is 15.8. The molecule has 0 aliphatic carbocycles. The number of aryl methyl sites for hydroxylation is 1. The van der Waals surface area contributed by atoms with E-state index in [-0.39, 0.29) is 0 Å². The third kappa shape index (κ3) is 3.30. The highest BCUT2D eigenvalue weighted by molar-refractivity contribution is 5.86. The molecule has 0 amide bonds. The fraction of sp³-hybridized carbons (Fsp3) is 0.158. The zero-order valence-corrected chi connectivity index (χ0v) is 13.9. The normalized spacial score (nSPS) is 12.5. The molecular formula is C19H18N4O. The highest BCUT2D eigenvalue weighted by Crippen LogP contribution is 2.28. The van der Waals surface area contributed by atoms with Gasteiger partial charge < -0.3 is 4.52 Å². The van der Waals surface area contributed by atoms with E-state index in [1.54, 1.807) is 7.05 Å². The summed E-state index contributed by atoms with van der Waals surface area (Å²) < 4.78 is 5.44. The molecule has 0 radical (unpaired) electrons. The monoisotopic (exact) mass is 318 g/mol. The quantitative estimate of drug-likeness (QED) is 0.635. The molecule has 0 spiro atoms. The summed E-state index contributed by atoms with van der Waals surface area (Å²) in [5.41, 5.74) is 4.60. The van der Waals surface area contributed by atoms with Gasteiger partial charge in [0.05, 0.1) is 0 Å². The smallest absolute Gasteiger partial charge is 0.279 e. The van der Waals surface area contributed by atoms with Crippen LogP contribution >= 0.6 is 0 Å². The molecule has 0 atom stereocenters. The van der Waals surface area contributed by atoms with Crippen LogP contribution in [0.1, 0.15) is 23.9 Å². The minimum absolute atomic E-state index is 0.360. The lowest BCUT2D eigenvalue weighted by Gasteiger charge is -2.03. The second kappa shape index (κ2) is 7.00. The first-order chi connectivity index (χ1) is 11.7. The summed E-state index contributed by atoms with van der Waals surface area (Å²) in [6, 6.07) is 17.9. The molecule has 3 aromatic rings. The summed E-state index contributed by atoms with van der Waals surface area (Å²) >= 11 is 0. The van der Waals surface area contributed by atoms with Gasteiger partial charge in [0.25, 0.3) is 5.89 Å². The minimum atomic E-state index is 0.360. The van der Waals surface area contributed by atoms with E-state index in [1.807, 2.05) is 68.4 Å². The van der Waals surface area contributed by atoms with Crippen molar-refractivity contribution in [2.45, 2.75) is 13.8 Å². The van der Waals surface area contributed by atoms with Crippen LogP contribution < -0.4 is 0 Å². The van der Waals surface area contributed by atoms with E-state index in [2.05, 4.69) is 20.4 Å². The molecule has 1 heterocycles. The van der Waals surface area contributed by atoms with Crippen molar-refractivity contribution in [1.29, 1.82) is 0 Å². The Morgan fingerprint density at radius 2 is 1.83 bits per heavy atom. The Kier molecular flexibility index (Phi) is 4.61. The van der Waals surface area contributed by atoms with E-state index < -0.39 is 0 Å². The van der Waals surface area contributed by atoms with Crippen molar-refractivity contribution in [3.8, 4) is 11.4 Å². The number of azo groups is 1. The van der Waals surface area contributed by atoms with Gasteiger partial charge in [0.2, 0.25) is 5.82 Å². The topological polar surface area (TPSA) is 63.6 Å². The Labute approximate surface area is 140 Å². The fourth-order valence-electron chi connectivity index (χ4n) is 2.42. The molecule has 0 N–H and O–H groups in total. The number of aromatic nitrogens is 2. The van der Waals surface area contributed by atoms with E-state index in [0.717, 1.165) is 22.3 Å². The number of hydrogen-bond acceptors (Lipinski definition) is 5. The van der Waals surface area contributed by atoms with Crippen LogP contribution in [0.2, 0.25) is 0 Å². The van der Waals surface area contributed by atoms with Crippen molar-refractivity contribution in [2.24, 2.45) is 10.2 Å². The second-order valence-corrected chi connectivity index (χ2v) is 5.43. The van der Waals surface area contributed by atoms with Gasteiger partial charge in [0.1, 0.15) is 0 Å². The second-order valence-electron chi connectivity index (χ2n) is 5.43. The summed E-state index contributed by atoms with van der Waals surface area (Å²) in [5.74, 6) is 0.900. The Hall–Kier alpha value is -3.08. The van der Waals surface area contributed by atoms with Crippen molar-refractivity contribution in [2.75, 3.05) is 7.05 Å². The Bertz CT molecular complexity index is 894. The predicted octanol–water partition coefficient (Wildman–Crippen LogP) is 5.02. The van der Waals surface area contributed by atoms with Crippen LogP contribution in [0.3, 0.4) is 0 Å². The van der Waals surface area contributed by atoms with Gasteiger partial charge in [-0.1, -0.05) is 59.3 Å². The van der Waals surface area contributed by atoms with Gasteiger partial charge in [-0.05, 0) is 31.1 Å². The Morgan fingerprint density at radius 3 is 2.54 bits per heavy atom. The standard InChI is InChI=1S/C19H18N4O/c1-13-8-7-11-16(12-13)18-21-19(24-23-18)17(22-20-3)14(2)15-9-5-4-6-10-15/h4-12H,1-3H3/b17-14+,22-20?. The first-order valence-corrected chi connectivity index (χ1v) is 7.66. The molecule has 0 saturated carbocycles. The lowest BCUT2D eigenvalue weighted by molar-refractivity contribution is 0.407. The van der Waals surface area contributed by atoms with Gasteiger partial charge in [0, 0.05) is 12.6 Å². The van der Waals surface area contributed by atoms with Crippen LogP contribution in [0.5, 0.6) is 0 Å². The molecule has 0 aliphatic rings. The fourth-order valence-corrected chi connectivity index (χ4v) is 2.42. The van der Waals surface area contributed by atoms with Crippen molar-refractivity contribution in [1.82, 2.24) is 10.1 Å². The zero-order valence-electron chi connectivity index (χ0n) is 13.9. The van der Waals surface area contributed by atoms with Crippen LogP contribution in [-0.4, -0.2) is 17.2 Å². The molecule has 0 aliphatic heterocycles. The summed E-state index contributed by atoms with van der Waals surface area (Å²) in [5, 5.41) is 12.2. The van der Waals surface area contributed by atoms with Gasteiger partial charge in [-0.25, -0.2) is 0 Å². The van der Waals surface area contributed by atoms with Crippen molar-refractivity contribution in [3.05, 3.63) is 71.6 Å². The molecule has 0 unspecified atom stereocenters. The maximum Gasteiger partial charge on any atom is 0.279 e. The highest BCUT2D eigenvalue weighted by atomic mass is 16.5. The number of hydrogen-bond donors (Lipinski definition) is 0. The minimum Gasteiger partial charge on any atom is -0.332 e. The summed E-state index contributed by atoms with van der Waals surface area (Å²) in [6.45, 7) is 4.00. The third-order valence-electron chi connectivity index (χ3n) is 3.67. The lowest BCUT2D eigenvalue weighted by atomic mass is 10.1. The van der Waals surface area contributed by atoms with E-state index in [9.17, 15) is 0 Å². The molecule has 120 valence electrons. The molecule has 24 heavy (non-hydrogen) atoms. The molecule has 0 bridgehead atoms. The van der Waals surface area contributed by atoms with Gasteiger partial charge in [-0.15, -0.1) is 0 Å².